The van der Waals surface area contributed by atoms with E-state index in [-0.39, 0.29) is 43.9 Å². The van der Waals surface area contributed by atoms with Gasteiger partial charge in [0, 0.05) is 123 Å². The number of halogens is 3. The third kappa shape index (κ3) is 8.83. The fourth-order valence-electron chi connectivity index (χ4n) is 9.00. The average molecular weight is 908 g/mol. The van der Waals surface area contributed by atoms with Crippen molar-refractivity contribution in [2.75, 3.05) is 26.2 Å². The number of hydrogen-bond donors (Lipinski definition) is 0. The summed E-state index contributed by atoms with van der Waals surface area (Å²) >= 11 is 0. The zero-order valence-electron chi connectivity index (χ0n) is 37.0. The Balaban J connectivity index is 1.03. The van der Waals surface area contributed by atoms with Crippen LogP contribution in [0.1, 0.15) is 44.7 Å². The maximum absolute atomic E-state index is 13.5. The third-order valence-corrected chi connectivity index (χ3v) is 12.6. The van der Waals surface area contributed by atoms with Gasteiger partial charge in [0.2, 0.25) is 5.91 Å². The van der Waals surface area contributed by atoms with Crippen molar-refractivity contribution >= 4 is 11.8 Å². The van der Waals surface area contributed by atoms with Gasteiger partial charge in [-0.15, -0.1) is 4.68 Å². The van der Waals surface area contributed by atoms with Gasteiger partial charge in [-0.2, -0.15) is 28.1 Å². The Bertz CT molecular complexity index is 3080. The normalized spacial score (nSPS) is 15.1. The summed E-state index contributed by atoms with van der Waals surface area (Å²) in [6.45, 7) is 2.62. The van der Waals surface area contributed by atoms with Gasteiger partial charge in [-0.05, 0) is 48.9 Å². The van der Waals surface area contributed by atoms with E-state index in [1.165, 1.54) is 0 Å². The van der Waals surface area contributed by atoms with Gasteiger partial charge in [-0.1, -0.05) is 36.4 Å². The number of rotatable bonds is 9. The molecule has 2 fully saturated rings. The topological polar surface area (TPSA) is 154 Å². The number of alkyl halides is 3. The molecule has 8 heterocycles. The Morgan fingerprint density at radius 3 is 1.61 bits per heavy atom. The molecule has 0 N–H and O–H groups in total. The highest BCUT2D eigenvalue weighted by molar-refractivity contribution is 5.82. The molecule has 2 aliphatic rings. The monoisotopic (exact) mass is 907 g/mol. The zero-order valence-corrected chi connectivity index (χ0v) is 37.0. The number of aryl methyl sites for hydroxylation is 2. The van der Waals surface area contributed by atoms with Crippen LogP contribution in [0, 0.1) is 0 Å². The van der Waals surface area contributed by atoms with Crippen LogP contribution in [0.5, 0.6) is 0 Å². The van der Waals surface area contributed by atoms with Gasteiger partial charge in [0.25, 0.3) is 0 Å². The van der Waals surface area contributed by atoms with Crippen molar-refractivity contribution in [1.29, 1.82) is 0 Å². The summed E-state index contributed by atoms with van der Waals surface area (Å²) in [4.78, 5) is 46.5. The summed E-state index contributed by atoms with van der Waals surface area (Å²) in [7, 11) is 3.74. The van der Waals surface area contributed by atoms with Crippen LogP contribution in [0.3, 0.4) is 0 Å². The fraction of sp³-hybridized carbons (Fsp3) is 0.292. The van der Waals surface area contributed by atoms with E-state index in [4.69, 9.17) is 25.0 Å². The second kappa shape index (κ2) is 17.5. The van der Waals surface area contributed by atoms with Crippen LogP contribution in [-0.4, -0.2) is 108 Å². The number of carbonyl (C=O) groups is 2. The number of amides is 2. The first-order valence-corrected chi connectivity index (χ1v) is 22.0. The lowest BCUT2D eigenvalue weighted by atomic mass is 10.0. The van der Waals surface area contributed by atoms with E-state index in [1.54, 1.807) is 47.3 Å². The van der Waals surface area contributed by atoms with Gasteiger partial charge < -0.3 is 9.80 Å². The van der Waals surface area contributed by atoms with Gasteiger partial charge in [-0.3, -0.25) is 19.0 Å². The first kappa shape index (κ1) is 43.1. The standard InChI is InChI=1S/C48H46F3N14O2/c1-31(66)61-14-10-41(11-15-61)63-30-43(37-22-54-45(55-23-37)35-9-5-7-33(19-35)39-25-57-60(3)27-39)46(58-63)65-29-40(28-64(65)42-12-16-62(17-13-42)47(67)48(49,50)51)36-20-52-44(53-21-36)34-8-4-6-32(18-34)38-24-56-59(2)26-38/h4-9,18-30,41-42H,10-17H2,1-3H3/q+1. The SMILES string of the molecule is CC(=O)N1CCC(n2cc(-c3cnc(-c4cccc(-c5cnn(C)c5)c4)nc3)c(-[n+]3cc(-c4cnc(-c5cccc(-c6cnn(C)c6)c5)nc4)cn3C3CCN(C(=O)C(F)(F)F)CC3)n2)CC1. The molecule has 16 nitrogen and oxygen atoms in total. The van der Waals surface area contributed by atoms with E-state index < -0.39 is 12.1 Å². The molecule has 340 valence electrons. The molecule has 2 amide bonds. The molecule has 67 heavy (non-hydrogen) atoms. The molecule has 8 aromatic rings. The van der Waals surface area contributed by atoms with Crippen molar-refractivity contribution in [1.82, 2.24) is 63.8 Å². The lowest BCUT2D eigenvalue weighted by Crippen LogP contribution is -2.49. The van der Waals surface area contributed by atoms with Crippen LogP contribution in [0.2, 0.25) is 0 Å². The molecule has 10 rings (SSSR count). The lowest BCUT2D eigenvalue weighted by molar-refractivity contribution is -0.691. The minimum absolute atomic E-state index is 0.0174. The van der Waals surface area contributed by atoms with Crippen molar-refractivity contribution in [3.8, 4) is 73.1 Å². The number of aromatic nitrogens is 12. The molecular weight excluding hydrogens is 862 g/mol. The van der Waals surface area contributed by atoms with Gasteiger partial charge in [0.05, 0.1) is 42.0 Å². The second-order valence-corrected chi connectivity index (χ2v) is 17.1. The highest BCUT2D eigenvalue weighted by Crippen LogP contribution is 2.33. The predicted molar refractivity (Wildman–Crippen MR) is 241 cm³/mol. The molecule has 2 aromatic carbocycles. The summed E-state index contributed by atoms with van der Waals surface area (Å²) < 4.78 is 50.0. The number of carbonyl (C=O) groups excluding carboxylic acids is 2. The minimum atomic E-state index is -4.96. The number of nitrogens with zero attached hydrogens (tertiary/aromatic N) is 14. The van der Waals surface area contributed by atoms with E-state index in [0.717, 1.165) is 49.4 Å². The smallest absolute Gasteiger partial charge is 0.343 e. The Kier molecular flexibility index (Phi) is 11.3. The molecule has 0 spiro atoms. The highest BCUT2D eigenvalue weighted by atomic mass is 19.4. The van der Waals surface area contributed by atoms with Gasteiger partial charge >= 0.3 is 17.9 Å². The molecule has 19 heteroatoms. The van der Waals surface area contributed by atoms with E-state index in [2.05, 4.69) is 10.2 Å². The highest BCUT2D eigenvalue weighted by Gasteiger charge is 2.44. The number of benzene rings is 2. The maximum Gasteiger partial charge on any atom is 0.471 e. The molecule has 0 saturated carbocycles. The van der Waals surface area contributed by atoms with Gasteiger partial charge in [0.1, 0.15) is 11.8 Å². The van der Waals surface area contributed by atoms with Gasteiger partial charge in [0.15, 0.2) is 11.6 Å². The molecular formula is C48H46F3N14O2+. The molecule has 2 aliphatic heterocycles. The molecule has 0 unspecified atom stereocenters. The van der Waals surface area contributed by atoms with Crippen LogP contribution in [-0.2, 0) is 23.7 Å². The second-order valence-electron chi connectivity index (χ2n) is 17.1. The van der Waals surface area contributed by atoms with Gasteiger partial charge in [-0.25, -0.2) is 24.6 Å². The Morgan fingerprint density at radius 1 is 0.597 bits per heavy atom. The Labute approximate surface area is 383 Å². The summed E-state index contributed by atoms with van der Waals surface area (Å²) in [5, 5.41) is 13.9. The van der Waals surface area contributed by atoms with Crippen LogP contribution < -0.4 is 4.68 Å². The molecule has 0 bridgehead atoms. The Hall–Kier alpha value is -7.83. The minimum Gasteiger partial charge on any atom is -0.343 e. The maximum atomic E-state index is 13.5. The number of likely N-dealkylation sites (tertiary alicyclic amines) is 2. The van der Waals surface area contributed by atoms with Crippen LogP contribution in [0.15, 0.2) is 117 Å². The third-order valence-electron chi connectivity index (χ3n) is 12.6. The Morgan fingerprint density at radius 2 is 1.10 bits per heavy atom. The quantitative estimate of drug-likeness (QED) is 0.141. The van der Waals surface area contributed by atoms with Crippen molar-refractivity contribution in [3.05, 3.63) is 117 Å². The molecule has 6 aromatic heterocycles. The fourth-order valence-corrected chi connectivity index (χ4v) is 9.00. The number of hydrogen-bond acceptors (Lipinski definition) is 9. The van der Waals surface area contributed by atoms with Crippen molar-refractivity contribution in [2.24, 2.45) is 14.1 Å². The first-order valence-electron chi connectivity index (χ1n) is 22.0. The predicted octanol–water partition coefficient (Wildman–Crippen LogP) is 6.92. The molecule has 0 atom stereocenters. The number of piperidine rings is 2. The van der Waals surface area contributed by atoms with E-state index in [0.29, 0.717) is 54.5 Å². The van der Waals surface area contributed by atoms with Crippen LogP contribution in [0.4, 0.5) is 13.2 Å². The van der Waals surface area contributed by atoms with Crippen molar-refractivity contribution < 1.29 is 27.4 Å². The largest absolute Gasteiger partial charge is 0.471 e. The lowest BCUT2D eigenvalue weighted by Gasteiger charge is -2.32. The van der Waals surface area contributed by atoms with Crippen molar-refractivity contribution in [2.45, 2.75) is 50.9 Å². The molecule has 0 radical (unpaired) electrons. The van der Waals surface area contributed by atoms with Crippen molar-refractivity contribution in [3.63, 3.8) is 0 Å². The summed E-state index contributed by atoms with van der Waals surface area (Å²) in [5.74, 6) is -0.186. The average Bonchev–Trinajstić information content (AvgIpc) is 4.19. The van der Waals surface area contributed by atoms with Crippen LogP contribution >= 0.6 is 0 Å². The zero-order chi connectivity index (χ0) is 46.4. The summed E-state index contributed by atoms with van der Waals surface area (Å²) in [5.41, 5.74) is 8.45. The summed E-state index contributed by atoms with van der Waals surface area (Å²) in [6, 6.07) is 15.6. The van der Waals surface area contributed by atoms with E-state index >= 15 is 0 Å². The first-order chi connectivity index (χ1) is 32.3. The van der Waals surface area contributed by atoms with E-state index in [1.807, 2.05) is 119 Å². The molecule has 2 saturated heterocycles. The van der Waals surface area contributed by atoms with Crippen LogP contribution in [0.25, 0.3) is 73.1 Å². The van der Waals surface area contributed by atoms with E-state index in [9.17, 15) is 22.8 Å². The summed E-state index contributed by atoms with van der Waals surface area (Å²) in [6.07, 6.45) is 17.4. The molecule has 0 aliphatic carbocycles.